The molecule has 0 saturated carbocycles. The summed E-state index contributed by atoms with van der Waals surface area (Å²) in [5.41, 5.74) is 0. The predicted octanol–water partition coefficient (Wildman–Crippen LogP) is -0.0418. The maximum Gasteiger partial charge on any atom is 0.407 e. The number of nitrogens with one attached hydrogen (secondary N) is 1. The summed E-state index contributed by atoms with van der Waals surface area (Å²) in [7, 11) is 0. The zero-order valence-corrected chi connectivity index (χ0v) is 8.02. The number of hydrogen-bond acceptors (Lipinski definition) is 4. The molecule has 0 heterocycles. The number of amides is 1. The van der Waals surface area contributed by atoms with Gasteiger partial charge >= 0.3 is 12.1 Å². The van der Waals surface area contributed by atoms with Crippen molar-refractivity contribution in [2.45, 2.75) is 25.9 Å². The maximum absolute atomic E-state index is 10.7. The first-order valence-electron chi connectivity index (χ1n) is 4.39. The van der Waals surface area contributed by atoms with E-state index in [1.165, 1.54) is 0 Å². The minimum absolute atomic E-state index is 0.113. The molecule has 0 saturated heterocycles. The molecule has 0 spiro atoms. The number of alkyl carbamates (subject to hydrolysis) is 1. The van der Waals surface area contributed by atoms with E-state index in [-0.39, 0.29) is 6.42 Å². The molecule has 0 aromatic rings. The summed E-state index contributed by atoms with van der Waals surface area (Å²) in [4.78, 5) is 20.9. The second kappa shape index (κ2) is 7.14. The summed E-state index contributed by atoms with van der Waals surface area (Å²) in [6.07, 6.45) is -1.38. The third kappa shape index (κ3) is 6.24. The lowest BCUT2D eigenvalue weighted by molar-refractivity contribution is -0.146. The molecule has 0 radical (unpaired) electrons. The first-order chi connectivity index (χ1) is 6.57. The lowest BCUT2D eigenvalue weighted by Crippen LogP contribution is -2.27. The summed E-state index contributed by atoms with van der Waals surface area (Å²) < 4.78 is 4.57. The molecule has 1 unspecified atom stereocenters. The van der Waals surface area contributed by atoms with E-state index < -0.39 is 18.2 Å². The Kier molecular flexibility index (Phi) is 6.47. The summed E-state index contributed by atoms with van der Waals surface area (Å²) in [6, 6.07) is 0. The third-order valence-corrected chi connectivity index (χ3v) is 1.48. The van der Waals surface area contributed by atoms with Crippen LogP contribution >= 0.6 is 0 Å². The number of aliphatic carboxylic acids is 1. The molecule has 1 amide bonds. The molecule has 0 aliphatic carbocycles. The van der Waals surface area contributed by atoms with Crippen molar-refractivity contribution in [3.63, 3.8) is 0 Å². The largest absolute Gasteiger partial charge is 0.479 e. The number of carbonyl (C=O) groups is 2. The van der Waals surface area contributed by atoms with Crippen molar-refractivity contribution < 1.29 is 24.5 Å². The summed E-state index contributed by atoms with van der Waals surface area (Å²) >= 11 is 0. The van der Waals surface area contributed by atoms with Crippen LogP contribution in [0.25, 0.3) is 0 Å². The van der Waals surface area contributed by atoms with E-state index >= 15 is 0 Å². The fourth-order valence-corrected chi connectivity index (χ4v) is 0.791. The van der Waals surface area contributed by atoms with Gasteiger partial charge in [0.15, 0.2) is 6.10 Å². The number of carboxylic acid groups (broad SMARTS) is 1. The predicted molar refractivity (Wildman–Crippen MR) is 47.9 cm³/mol. The van der Waals surface area contributed by atoms with Crippen molar-refractivity contribution in [1.29, 1.82) is 0 Å². The molecule has 3 N–H and O–H groups in total. The van der Waals surface area contributed by atoms with Crippen LogP contribution in [0.15, 0.2) is 0 Å². The summed E-state index contributed by atoms with van der Waals surface area (Å²) in [6.45, 7) is 2.28. The number of rotatable bonds is 6. The van der Waals surface area contributed by atoms with E-state index in [1.54, 1.807) is 6.92 Å². The van der Waals surface area contributed by atoms with Gasteiger partial charge in [0.05, 0.1) is 6.61 Å². The molecular weight excluding hydrogens is 190 g/mol. The SMILES string of the molecule is CCOC(=O)NCCCC(O)C(=O)O. The smallest absolute Gasteiger partial charge is 0.407 e. The van der Waals surface area contributed by atoms with Crippen LogP contribution in [-0.2, 0) is 9.53 Å². The van der Waals surface area contributed by atoms with Crippen LogP contribution < -0.4 is 5.32 Å². The van der Waals surface area contributed by atoms with Crippen molar-refractivity contribution in [1.82, 2.24) is 5.32 Å². The van der Waals surface area contributed by atoms with Crippen molar-refractivity contribution in [2.75, 3.05) is 13.2 Å². The van der Waals surface area contributed by atoms with Gasteiger partial charge in [0.1, 0.15) is 0 Å². The second-order valence-electron chi connectivity index (χ2n) is 2.64. The monoisotopic (exact) mass is 205 g/mol. The molecule has 0 aliphatic rings. The third-order valence-electron chi connectivity index (χ3n) is 1.48. The molecule has 0 fully saturated rings. The highest BCUT2D eigenvalue weighted by molar-refractivity contribution is 5.71. The first kappa shape index (κ1) is 12.7. The number of carboxylic acids is 1. The number of ether oxygens (including phenoxy) is 1. The maximum atomic E-state index is 10.7. The number of carbonyl (C=O) groups excluding carboxylic acids is 1. The van der Waals surface area contributed by atoms with Gasteiger partial charge in [0, 0.05) is 6.54 Å². The fourth-order valence-electron chi connectivity index (χ4n) is 0.791. The van der Waals surface area contributed by atoms with Crippen LogP contribution in [0.2, 0.25) is 0 Å². The van der Waals surface area contributed by atoms with Crippen LogP contribution in [0.5, 0.6) is 0 Å². The van der Waals surface area contributed by atoms with Gasteiger partial charge in [-0.1, -0.05) is 0 Å². The van der Waals surface area contributed by atoms with Gasteiger partial charge in [-0.05, 0) is 19.8 Å². The molecule has 14 heavy (non-hydrogen) atoms. The van der Waals surface area contributed by atoms with Crippen molar-refractivity contribution in [3.05, 3.63) is 0 Å². The highest BCUT2D eigenvalue weighted by Crippen LogP contribution is 1.95. The Morgan fingerprint density at radius 3 is 2.64 bits per heavy atom. The molecular formula is C8H15NO5. The molecule has 1 atom stereocenters. The van der Waals surface area contributed by atoms with Crippen LogP contribution in [0.1, 0.15) is 19.8 Å². The van der Waals surface area contributed by atoms with Gasteiger partial charge < -0.3 is 20.3 Å². The van der Waals surface area contributed by atoms with Gasteiger partial charge in [-0.2, -0.15) is 0 Å². The number of hydrogen-bond donors (Lipinski definition) is 3. The van der Waals surface area contributed by atoms with E-state index in [2.05, 4.69) is 10.1 Å². The minimum Gasteiger partial charge on any atom is -0.479 e. The van der Waals surface area contributed by atoms with Gasteiger partial charge in [0.25, 0.3) is 0 Å². The number of aliphatic hydroxyl groups is 1. The molecule has 0 aromatic heterocycles. The average molecular weight is 205 g/mol. The van der Waals surface area contributed by atoms with E-state index in [4.69, 9.17) is 10.2 Å². The lowest BCUT2D eigenvalue weighted by Gasteiger charge is -2.06. The molecule has 0 aromatic carbocycles. The Balaban J connectivity index is 3.37. The van der Waals surface area contributed by atoms with Crippen molar-refractivity contribution in [2.24, 2.45) is 0 Å². The average Bonchev–Trinajstić information content (AvgIpc) is 2.12. The van der Waals surface area contributed by atoms with Crippen LogP contribution in [0, 0.1) is 0 Å². The molecule has 6 heteroatoms. The molecule has 6 nitrogen and oxygen atoms in total. The summed E-state index contributed by atoms with van der Waals surface area (Å²) in [5.74, 6) is -1.25. The van der Waals surface area contributed by atoms with Gasteiger partial charge in [-0.15, -0.1) is 0 Å². The van der Waals surface area contributed by atoms with Crippen molar-refractivity contribution in [3.8, 4) is 0 Å². The Hall–Kier alpha value is -1.30. The minimum atomic E-state index is -1.36. The van der Waals surface area contributed by atoms with E-state index in [0.717, 1.165) is 0 Å². The fraction of sp³-hybridized carbons (Fsp3) is 0.750. The quantitative estimate of drug-likeness (QED) is 0.529. The normalized spacial score (nSPS) is 11.9. The van der Waals surface area contributed by atoms with Crippen LogP contribution in [-0.4, -0.2) is 41.5 Å². The Labute approximate surface area is 81.9 Å². The molecule has 82 valence electrons. The highest BCUT2D eigenvalue weighted by Gasteiger charge is 2.11. The van der Waals surface area contributed by atoms with Crippen LogP contribution in [0.4, 0.5) is 4.79 Å². The molecule has 0 bridgehead atoms. The zero-order valence-electron chi connectivity index (χ0n) is 8.02. The second-order valence-corrected chi connectivity index (χ2v) is 2.64. The lowest BCUT2D eigenvalue weighted by atomic mass is 10.2. The number of aliphatic hydroxyl groups excluding tert-OH is 1. The Morgan fingerprint density at radius 2 is 2.14 bits per heavy atom. The first-order valence-corrected chi connectivity index (χ1v) is 4.39. The topological polar surface area (TPSA) is 95.9 Å². The van der Waals surface area contributed by atoms with E-state index in [0.29, 0.717) is 19.6 Å². The standard InChI is InChI=1S/C8H15NO5/c1-2-14-8(13)9-5-3-4-6(10)7(11)12/h6,10H,2-5H2,1H3,(H,9,13)(H,11,12). The Bertz CT molecular complexity index is 194. The molecule has 0 aliphatic heterocycles. The molecule has 0 rings (SSSR count). The van der Waals surface area contributed by atoms with E-state index in [1.807, 2.05) is 0 Å². The van der Waals surface area contributed by atoms with Gasteiger partial charge in [-0.3, -0.25) is 0 Å². The van der Waals surface area contributed by atoms with Crippen molar-refractivity contribution >= 4 is 12.1 Å². The zero-order chi connectivity index (χ0) is 11.0. The van der Waals surface area contributed by atoms with Gasteiger partial charge in [-0.25, -0.2) is 9.59 Å². The van der Waals surface area contributed by atoms with Crippen LogP contribution in [0.3, 0.4) is 0 Å². The highest BCUT2D eigenvalue weighted by atomic mass is 16.5. The van der Waals surface area contributed by atoms with Gasteiger partial charge in [0.2, 0.25) is 0 Å². The Morgan fingerprint density at radius 1 is 1.50 bits per heavy atom. The summed E-state index contributed by atoms with van der Waals surface area (Å²) in [5, 5.41) is 19.6. The van der Waals surface area contributed by atoms with E-state index in [9.17, 15) is 9.59 Å².